The summed E-state index contributed by atoms with van der Waals surface area (Å²) in [7, 11) is -0.854. The van der Waals surface area contributed by atoms with E-state index in [0.29, 0.717) is 18.9 Å². The maximum absolute atomic E-state index is 5.75. The van der Waals surface area contributed by atoms with Crippen molar-refractivity contribution >= 4 is 19.1 Å². The van der Waals surface area contributed by atoms with Gasteiger partial charge >= 0.3 is 0 Å². The fourth-order valence-corrected chi connectivity index (χ4v) is 3.54. The number of hydrogen-bond donors (Lipinski definition) is 0. The molecule has 1 unspecified atom stereocenters. The molecule has 0 aliphatic carbocycles. The van der Waals surface area contributed by atoms with Crippen molar-refractivity contribution in [2.45, 2.75) is 26.4 Å². The Hall–Kier alpha value is -0.950. The lowest BCUT2D eigenvalue weighted by atomic mass is 10.1. The van der Waals surface area contributed by atoms with E-state index in [1.807, 2.05) is 13.8 Å². The summed E-state index contributed by atoms with van der Waals surface area (Å²) in [5.74, 6) is 0. The van der Waals surface area contributed by atoms with Gasteiger partial charge in [0.25, 0.3) is 0 Å². The molecule has 2 aromatic rings. The van der Waals surface area contributed by atoms with Crippen molar-refractivity contribution < 1.29 is 9.05 Å². The van der Waals surface area contributed by atoms with E-state index < -0.39 is 8.38 Å². The molecule has 2 aromatic carbocycles. The molecule has 102 valence electrons. The molecule has 3 heteroatoms. The Morgan fingerprint density at radius 1 is 0.947 bits per heavy atom. The molecule has 0 heterocycles. The van der Waals surface area contributed by atoms with Crippen LogP contribution in [0.2, 0.25) is 0 Å². The van der Waals surface area contributed by atoms with Gasteiger partial charge in [0, 0.05) is 0 Å². The standard InChI is InChI=1S/C16H21O2P/c1-4-17-19(18-5-2)13(3)15-11-10-14-8-6-7-9-16(14)12-15/h6-13H,4-5H2,1-3H3. The van der Waals surface area contributed by atoms with Crippen molar-refractivity contribution in [3.63, 3.8) is 0 Å². The first-order valence-electron chi connectivity index (χ1n) is 6.80. The zero-order valence-corrected chi connectivity index (χ0v) is 12.7. The monoisotopic (exact) mass is 276 g/mol. The van der Waals surface area contributed by atoms with Crippen LogP contribution in [0, 0.1) is 0 Å². The Labute approximate surface area is 116 Å². The molecule has 0 amide bonds. The van der Waals surface area contributed by atoms with Gasteiger partial charge in [-0.25, -0.2) is 0 Å². The molecule has 0 saturated carbocycles. The molecule has 0 fully saturated rings. The van der Waals surface area contributed by atoms with E-state index in [9.17, 15) is 0 Å². The predicted octanol–water partition coefficient (Wildman–Crippen LogP) is 5.29. The number of fused-ring (bicyclic) bond motifs is 1. The number of benzene rings is 2. The van der Waals surface area contributed by atoms with Crippen molar-refractivity contribution in [1.29, 1.82) is 0 Å². The first-order chi connectivity index (χ1) is 9.26. The van der Waals surface area contributed by atoms with Crippen LogP contribution in [0.1, 0.15) is 32.0 Å². The highest BCUT2D eigenvalue weighted by molar-refractivity contribution is 7.47. The first-order valence-corrected chi connectivity index (χ1v) is 8.04. The molecule has 0 aliphatic rings. The van der Waals surface area contributed by atoms with Crippen LogP contribution in [-0.2, 0) is 9.05 Å². The molecule has 0 radical (unpaired) electrons. The summed E-state index contributed by atoms with van der Waals surface area (Å²) < 4.78 is 11.5. The van der Waals surface area contributed by atoms with Crippen molar-refractivity contribution in [1.82, 2.24) is 0 Å². The summed E-state index contributed by atoms with van der Waals surface area (Å²) in [6.07, 6.45) is 0. The van der Waals surface area contributed by atoms with Crippen molar-refractivity contribution in [2.24, 2.45) is 0 Å². The van der Waals surface area contributed by atoms with E-state index in [-0.39, 0.29) is 0 Å². The Morgan fingerprint density at radius 2 is 1.58 bits per heavy atom. The van der Waals surface area contributed by atoms with Gasteiger partial charge in [0.2, 0.25) is 0 Å². The SMILES string of the molecule is CCOP(OCC)C(C)c1ccc2ccccc2c1. The lowest BCUT2D eigenvalue weighted by Gasteiger charge is -2.23. The first kappa shape index (κ1) is 14.5. The fourth-order valence-electron chi connectivity index (χ4n) is 2.10. The lowest BCUT2D eigenvalue weighted by Crippen LogP contribution is -1.99. The largest absolute Gasteiger partial charge is 0.334 e. The number of rotatable bonds is 6. The minimum atomic E-state index is -0.854. The van der Waals surface area contributed by atoms with E-state index in [2.05, 4.69) is 49.4 Å². The highest BCUT2D eigenvalue weighted by Crippen LogP contribution is 2.52. The summed E-state index contributed by atoms with van der Waals surface area (Å²) in [5.41, 5.74) is 1.58. The van der Waals surface area contributed by atoms with E-state index in [4.69, 9.17) is 9.05 Å². The second-order valence-corrected chi connectivity index (χ2v) is 6.27. The summed E-state index contributed by atoms with van der Waals surface area (Å²) in [4.78, 5) is 0. The maximum Gasteiger partial charge on any atom is 0.178 e. The third-order valence-electron chi connectivity index (χ3n) is 3.08. The lowest BCUT2D eigenvalue weighted by molar-refractivity contribution is 0.263. The smallest absolute Gasteiger partial charge is 0.178 e. The van der Waals surface area contributed by atoms with Gasteiger partial charge in [0.15, 0.2) is 8.38 Å². The van der Waals surface area contributed by atoms with Crippen LogP contribution in [0.15, 0.2) is 42.5 Å². The quantitative estimate of drug-likeness (QED) is 0.668. The van der Waals surface area contributed by atoms with Crippen molar-refractivity contribution in [3.05, 3.63) is 48.0 Å². The molecule has 2 nitrogen and oxygen atoms in total. The molecule has 0 aliphatic heterocycles. The van der Waals surface area contributed by atoms with Crippen molar-refractivity contribution in [2.75, 3.05) is 13.2 Å². The topological polar surface area (TPSA) is 18.5 Å². The third kappa shape index (κ3) is 3.54. The molecule has 0 bridgehead atoms. The van der Waals surface area contributed by atoms with Gasteiger partial charge in [-0.15, -0.1) is 0 Å². The van der Waals surface area contributed by atoms with E-state index >= 15 is 0 Å². The highest BCUT2D eigenvalue weighted by atomic mass is 31.2. The fraction of sp³-hybridized carbons (Fsp3) is 0.375. The van der Waals surface area contributed by atoms with Crippen LogP contribution in [0.4, 0.5) is 0 Å². The van der Waals surface area contributed by atoms with Crippen LogP contribution < -0.4 is 0 Å². The van der Waals surface area contributed by atoms with Crippen LogP contribution in [0.3, 0.4) is 0 Å². The molecular weight excluding hydrogens is 255 g/mol. The Bertz CT molecular complexity index is 521. The summed E-state index contributed by atoms with van der Waals surface area (Å²) in [6.45, 7) is 7.61. The zero-order valence-electron chi connectivity index (χ0n) is 11.8. The highest BCUT2D eigenvalue weighted by Gasteiger charge is 2.20. The maximum atomic E-state index is 5.75. The summed E-state index contributed by atoms with van der Waals surface area (Å²) >= 11 is 0. The predicted molar refractivity (Wildman–Crippen MR) is 82.5 cm³/mol. The second-order valence-electron chi connectivity index (χ2n) is 4.40. The molecular formula is C16H21O2P. The van der Waals surface area contributed by atoms with Gasteiger partial charge in [-0.3, -0.25) is 0 Å². The van der Waals surface area contributed by atoms with E-state index in [0.717, 1.165) is 0 Å². The van der Waals surface area contributed by atoms with Gasteiger partial charge in [-0.05, 0) is 37.1 Å². The van der Waals surface area contributed by atoms with Crippen LogP contribution >= 0.6 is 8.38 Å². The summed E-state index contributed by atoms with van der Waals surface area (Å²) in [5, 5.41) is 2.55. The minimum absolute atomic E-state index is 0.291. The number of hydrogen-bond acceptors (Lipinski definition) is 2. The van der Waals surface area contributed by atoms with Crippen LogP contribution in [0.5, 0.6) is 0 Å². The molecule has 2 rings (SSSR count). The second kappa shape index (κ2) is 7.00. The Morgan fingerprint density at radius 3 is 2.21 bits per heavy atom. The zero-order chi connectivity index (χ0) is 13.7. The van der Waals surface area contributed by atoms with E-state index in [1.54, 1.807) is 0 Å². The van der Waals surface area contributed by atoms with Gasteiger partial charge in [-0.2, -0.15) is 0 Å². The molecule has 19 heavy (non-hydrogen) atoms. The van der Waals surface area contributed by atoms with E-state index in [1.165, 1.54) is 16.3 Å². The molecule has 0 aromatic heterocycles. The van der Waals surface area contributed by atoms with Crippen molar-refractivity contribution in [3.8, 4) is 0 Å². The van der Waals surface area contributed by atoms with Crippen LogP contribution in [-0.4, -0.2) is 13.2 Å². The molecule has 0 spiro atoms. The molecule has 0 N–H and O–H groups in total. The third-order valence-corrected chi connectivity index (χ3v) is 5.04. The molecule has 1 atom stereocenters. The van der Waals surface area contributed by atoms with Gasteiger partial charge in [0.1, 0.15) is 0 Å². The minimum Gasteiger partial charge on any atom is -0.334 e. The average molecular weight is 276 g/mol. The summed E-state index contributed by atoms with van der Waals surface area (Å²) in [6, 6.07) is 15.0. The van der Waals surface area contributed by atoms with Crippen LogP contribution in [0.25, 0.3) is 10.8 Å². The van der Waals surface area contributed by atoms with Gasteiger partial charge in [-0.1, -0.05) is 42.5 Å². The van der Waals surface area contributed by atoms with Gasteiger partial charge < -0.3 is 9.05 Å². The Balaban J connectivity index is 2.26. The van der Waals surface area contributed by atoms with Gasteiger partial charge in [0.05, 0.1) is 18.9 Å². The Kier molecular flexibility index (Phi) is 5.33. The normalized spacial score (nSPS) is 13.1. The average Bonchev–Trinajstić information content (AvgIpc) is 2.46. The molecule has 0 saturated heterocycles.